The Kier molecular flexibility index (Phi) is 3.61. The summed E-state index contributed by atoms with van der Waals surface area (Å²) in [5, 5.41) is 7.57. The molecule has 0 unspecified atom stereocenters. The van der Waals surface area contributed by atoms with Crippen LogP contribution in [0.5, 0.6) is 0 Å². The molecule has 2 heterocycles. The van der Waals surface area contributed by atoms with Crippen LogP contribution in [0.1, 0.15) is 29.9 Å². The number of aryl methyl sites for hydroxylation is 2. The van der Waals surface area contributed by atoms with Crippen molar-refractivity contribution in [1.82, 2.24) is 15.4 Å². The lowest BCUT2D eigenvalue weighted by Crippen LogP contribution is -2.40. The Morgan fingerprint density at radius 2 is 2.06 bits per heavy atom. The Balaban J connectivity index is 1.83. The molecule has 1 fully saturated rings. The van der Waals surface area contributed by atoms with E-state index in [1.165, 1.54) is 31.5 Å². The normalized spacial score (nSPS) is 19.2. The number of rotatable bonds is 3. The number of hydrogen-bond acceptors (Lipinski definition) is 4. The van der Waals surface area contributed by atoms with Gasteiger partial charge in [0.1, 0.15) is 5.76 Å². The molecular formula is C12H21N3O. The maximum Gasteiger partial charge on any atom is 0.138 e. The van der Waals surface area contributed by atoms with E-state index in [1.807, 2.05) is 13.8 Å². The van der Waals surface area contributed by atoms with Crippen LogP contribution in [0, 0.1) is 13.8 Å². The Bertz CT molecular complexity index is 321. The minimum absolute atomic E-state index is 0.643. The van der Waals surface area contributed by atoms with Crippen molar-refractivity contribution in [2.24, 2.45) is 0 Å². The smallest absolute Gasteiger partial charge is 0.138 e. The minimum atomic E-state index is 0.643. The summed E-state index contributed by atoms with van der Waals surface area (Å²) >= 11 is 0. The van der Waals surface area contributed by atoms with Crippen LogP contribution in [0.2, 0.25) is 0 Å². The molecule has 90 valence electrons. The van der Waals surface area contributed by atoms with Gasteiger partial charge >= 0.3 is 0 Å². The second kappa shape index (κ2) is 4.97. The highest BCUT2D eigenvalue weighted by Crippen LogP contribution is 2.14. The van der Waals surface area contributed by atoms with E-state index in [2.05, 4.69) is 22.4 Å². The Morgan fingerprint density at radius 1 is 1.38 bits per heavy atom. The van der Waals surface area contributed by atoms with Crippen LogP contribution in [-0.4, -0.2) is 36.2 Å². The Hall–Kier alpha value is -0.870. The molecule has 16 heavy (non-hydrogen) atoms. The number of hydrogen-bond donors (Lipinski definition) is 1. The van der Waals surface area contributed by atoms with Crippen LogP contribution in [0.25, 0.3) is 0 Å². The highest BCUT2D eigenvalue weighted by molar-refractivity contribution is 5.20. The van der Waals surface area contributed by atoms with Gasteiger partial charge in [-0.05, 0) is 46.8 Å². The van der Waals surface area contributed by atoms with Crippen molar-refractivity contribution in [2.75, 3.05) is 20.1 Å². The number of nitrogens with one attached hydrogen (secondary N) is 1. The molecule has 1 aliphatic heterocycles. The maximum atomic E-state index is 5.15. The van der Waals surface area contributed by atoms with E-state index >= 15 is 0 Å². The molecule has 0 bridgehead atoms. The van der Waals surface area contributed by atoms with Crippen molar-refractivity contribution in [3.05, 3.63) is 17.0 Å². The molecule has 0 radical (unpaired) electrons. The summed E-state index contributed by atoms with van der Waals surface area (Å²) in [5.74, 6) is 0.943. The number of piperidine rings is 1. The lowest BCUT2D eigenvalue weighted by Gasteiger charge is -2.29. The van der Waals surface area contributed by atoms with E-state index in [-0.39, 0.29) is 0 Å². The average Bonchev–Trinajstić information content (AvgIpc) is 2.59. The van der Waals surface area contributed by atoms with E-state index in [0.717, 1.165) is 18.0 Å². The molecule has 0 aliphatic carbocycles. The van der Waals surface area contributed by atoms with Gasteiger partial charge in [-0.25, -0.2) is 0 Å². The molecule has 0 spiro atoms. The van der Waals surface area contributed by atoms with Crippen molar-refractivity contribution in [1.29, 1.82) is 0 Å². The maximum absolute atomic E-state index is 5.15. The van der Waals surface area contributed by atoms with E-state index in [9.17, 15) is 0 Å². The van der Waals surface area contributed by atoms with Crippen LogP contribution in [-0.2, 0) is 6.54 Å². The fourth-order valence-electron chi connectivity index (χ4n) is 2.21. The molecule has 1 aliphatic rings. The Morgan fingerprint density at radius 3 is 2.62 bits per heavy atom. The lowest BCUT2D eigenvalue weighted by molar-refractivity contribution is 0.234. The van der Waals surface area contributed by atoms with Crippen LogP contribution >= 0.6 is 0 Å². The SMILES string of the molecule is Cc1noc(C)c1CNC1CCN(C)CC1. The van der Waals surface area contributed by atoms with Crippen LogP contribution < -0.4 is 5.32 Å². The third kappa shape index (κ3) is 2.62. The molecular weight excluding hydrogens is 202 g/mol. The van der Waals surface area contributed by atoms with Gasteiger partial charge in [0.2, 0.25) is 0 Å². The molecule has 1 N–H and O–H groups in total. The van der Waals surface area contributed by atoms with Gasteiger partial charge in [0, 0.05) is 18.2 Å². The zero-order valence-electron chi connectivity index (χ0n) is 10.4. The van der Waals surface area contributed by atoms with Gasteiger partial charge in [0.05, 0.1) is 5.69 Å². The van der Waals surface area contributed by atoms with Crippen molar-refractivity contribution < 1.29 is 4.52 Å². The summed E-state index contributed by atoms with van der Waals surface area (Å²) in [5.41, 5.74) is 2.23. The molecule has 1 aromatic rings. The van der Waals surface area contributed by atoms with Crippen molar-refractivity contribution in [3.63, 3.8) is 0 Å². The van der Waals surface area contributed by atoms with Crippen molar-refractivity contribution in [3.8, 4) is 0 Å². The molecule has 4 nitrogen and oxygen atoms in total. The lowest BCUT2D eigenvalue weighted by atomic mass is 10.0. The van der Waals surface area contributed by atoms with Gasteiger partial charge in [0.25, 0.3) is 0 Å². The Labute approximate surface area is 97.0 Å². The minimum Gasteiger partial charge on any atom is -0.361 e. The second-order valence-electron chi connectivity index (χ2n) is 4.76. The van der Waals surface area contributed by atoms with E-state index < -0.39 is 0 Å². The van der Waals surface area contributed by atoms with Gasteiger partial charge in [-0.15, -0.1) is 0 Å². The summed E-state index contributed by atoms with van der Waals surface area (Å²) in [6.45, 7) is 7.25. The van der Waals surface area contributed by atoms with Gasteiger partial charge in [-0.3, -0.25) is 0 Å². The first kappa shape index (κ1) is 11.6. The topological polar surface area (TPSA) is 41.3 Å². The van der Waals surface area contributed by atoms with Crippen molar-refractivity contribution >= 4 is 0 Å². The predicted molar refractivity (Wildman–Crippen MR) is 63.3 cm³/mol. The summed E-state index contributed by atoms with van der Waals surface area (Å²) < 4.78 is 5.15. The fourth-order valence-corrected chi connectivity index (χ4v) is 2.21. The third-order valence-corrected chi connectivity index (χ3v) is 3.47. The quantitative estimate of drug-likeness (QED) is 0.842. The average molecular weight is 223 g/mol. The first-order chi connectivity index (χ1) is 7.66. The predicted octanol–water partition coefficient (Wildman–Crippen LogP) is 1.48. The van der Waals surface area contributed by atoms with Crippen molar-refractivity contribution in [2.45, 2.75) is 39.3 Å². The number of aromatic nitrogens is 1. The largest absolute Gasteiger partial charge is 0.361 e. The van der Waals surface area contributed by atoms with E-state index in [1.54, 1.807) is 0 Å². The van der Waals surface area contributed by atoms with E-state index in [4.69, 9.17) is 4.52 Å². The van der Waals surface area contributed by atoms with Crippen LogP contribution in [0.3, 0.4) is 0 Å². The van der Waals surface area contributed by atoms with Crippen LogP contribution in [0.15, 0.2) is 4.52 Å². The van der Waals surface area contributed by atoms with Crippen LogP contribution in [0.4, 0.5) is 0 Å². The molecule has 4 heteroatoms. The zero-order chi connectivity index (χ0) is 11.5. The van der Waals surface area contributed by atoms with Gasteiger partial charge in [-0.1, -0.05) is 5.16 Å². The summed E-state index contributed by atoms with van der Waals surface area (Å²) in [6, 6.07) is 0.643. The molecule has 1 saturated heterocycles. The van der Waals surface area contributed by atoms with Gasteiger partial charge < -0.3 is 14.7 Å². The summed E-state index contributed by atoms with van der Waals surface area (Å²) in [4.78, 5) is 2.38. The van der Waals surface area contributed by atoms with Gasteiger partial charge in [-0.2, -0.15) is 0 Å². The monoisotopic (exact) mass is 223 g/mol. The zero-order valence-corrected chi connectivity index (χ0v) is 10.4. The number of likely N-dealkylation sites (tertiary alicyclic amines) is 1. The molecule has 0 amide bonds. The summed E-state index contributed by atoms with van der Waals surface area (Å²) in [7, 11) is 2.19. The second-order valence-corrected chi connectivity index (χ2v) is 4.76. The van der Waals surface area contributed by atoms with Gasteiger partial charge in [0.15, 0.2) is 0 Å². The fraction of sp³-hybridized carbons (Fsp3) is 0.750. The molecule has 1 aromatic heterocycles. The molecule has 0 atom stereocenters. The third-order valence-electron chi connectivity index (χ3n) is 3.47. The molecule has 0 aromatic carbocycles. The first-order valence-electron chi connectivity index (χ1n) is 6.00. The first-order valence-corrected chi connectivity index (χ1v) is 6.00. The highest BCUT2D eigenvalue weighted by Gasteiger charge is 2.17. The summed E-state index contributed by atoms with van der Waals surface area (Å²) in [6.07, 6.45) is 2.47. The standard InChI is InChI=1S/C12H21N3O/c1-9-12(10(2)16-14-9)8-13-11-4-6-15(3)7-5-11/h11,13H,4-8H2,1-3H3. The highest BCUT2D eigenvalue weighted by atomic mass is 16.5. The molecule has 2 rings (SSSR count). The number of nitrogens with zero attached hydrogens (tertiary/aromatic N) is 2. The molecule has 0 saturated carbocycles. The van der Waals surface area contributed by atoms with E-state index in [0.29, 0.717) is 6.04 Å².